The van der Waals surface area contributed by atoms with Crippen molar-refractivity contribution < 1.29 is 24.2 Å². The fraction of sp³-hybridized carbons (Fsp3) is 0.571. The van der Waals surface area contributed by atoms with Gasteiger partial charge in [0.1, 0.15) is 0 Å². The molecule has 0 fully saturated rings. The molecule has 0 aliphatic heterocycles. The molecule has 1 N–H and O–H groups in total. The van der Waals surface area contributed by atoms with Gasteiger partial charge in [0.05, 0.1) is 14.2 Å². The van der Waals surface area contributed by atoms with Crippen molar-refractivity contribution in [1.29, 1.82) is 0 Å². The van der Waals surface area contributed by atoms with Gasteiger partial charge in [-0.1, -0.05) is 0 Å². The molecular weight excluding hydrogens is 248 g/mol. The van der Waals surface area contributed by atoms with E-state index in [9.17, 15) is 9.59 Å². The lowest BCUT2D eigenvalue weighted by Gasteiger charge is -2.23. The van der Waals surface area contributed by atoms with Crippen LogP contribution in [0.15, 0.2) is 0 Å². The normalized spacial score (nSPS) is 9.79. The number of carbonyl (C=O) groups is 2. The highest BCUT2D eigenvalue weighted by Crippen LogP contribution is 2.29. The van der Waals surface area contributed by atoms with Crippen LogP contribution in [0.2, 0.25) is 0 Å². The summed E-state index contributed by atoms with van der Waals surface area (Å²) < 4.78 is 9.25. The molecule has 0 heterocycles. The molecular formula is C14H18O5. The van der Waals surface area contributed by atoms with Crippen LogP contribution in [0.25, 0.3) is 0 Å². The smallest absolute Gasteiger partial charge is 0.325 e. The molecule has 0 saturated carbocycles. The molecule has 0 atom stereocenters. The number of aliphatic hydroxyl groups is 1. The zero-order valence-corrected chi connectivity index (χ0v) is 11.2. The van der Waals surface area contributed by atoms with Gasteiger partial charge in [0.25, 0.3) is 0 Å². The zero-order chi connectivity index (χ0) is 14.7. The van der Waals surface area contributed by atoms with E-state index in [1.807, 2.05) is 0 Å². The molecule has 0 bridgehead atoms. The maximum absolute atomic E-state index is 11.8. The van der Waals surface area contributed by atoms with Gasteiger partial charge in [-0.05, 0) is 6.42 Å². The van der Waals surface area contributed by atoms with Crippen molar-refractivity contribution in [2.75, 3.05) is 20.8 Å². The molecule has 0 rings (SSSR count). The zero-order valence-electron chi connectivity index (χ0n) is 11.2. The highest BCUT2D eigenvalue weighted by atomic mass is 16.5. The van der Waals surface area contributed by atoms with Crippen molar-refractivity contribution in [3.05, 3.63) is 0 Å². The number of esters is 2. The predicted octanol–water partition coefficient (Wildman–Crippen LogP) is 0.508. The van der Waals surface area contributed by atoms with Crippen molar-refractivity contribution in [3.63, 3.8) is 0 Å². The molecule has 0 aliphatic rings. The molecule has 0 aromatic carbocycles. The van der Waals surface area contributed by atoms with Crippen molar-refractivity contribution in [1.82, 2.24) is 0 Å². The van der Waals surface area contributed by atoms with Gasteiger partial charge in [-0.15, -0.1) is 24.2 Å². The van der Waals surface area contributed by atoms with Crippen LogP contribution in [0, 0.1) is 29.6 Å². The van der Waals surface area contributed by atoms with E-state index in [1.165, 1.54) is 14.2 Å². The number of unbranched alkanes of at least 4 members (excludes halogenated alkanes) is 1. The molecule has 0 saturated heterocycles. The summed E-state index contributed by atoms with van der Waals surface area (Å²) >= 11 is 0. The van der Waals surface area contributed by atoms with Gasteiger partial charge in [-0.25, -0.2) is 0 Å². The maximum atomic E-state index is 11.8. The second kappa shape index (κ2) is 9.02. The summed E-state index contributed by atoms with van der Waals surface area (Å²) in [5, 5.41) is 8.62. The molecule has 19 heavy (non-hydrogen) atoms. The van der Waals surface area contributed by atoms with Gasteiger partial charge in [0.2, 0.25) is 0 Å². The number of aliphatic hydroxyl groups excluding tert-OH is 1. The minimum absolute atomic E-state index is 0.0399. The van der Waals surface area contributed by atoms with Gasteiger partial charge in [-0.3, -0.25) is 9.59 Å². The molecule has 0 unspecified atom stereocenters. The Labute approximate surface area is 113 Å². The third-order valence-corrected chi connectivity index (χ3v) is 2.53. The van der Waals surface area contributed by atoms with Crippen LogP contribution in [0.4, 0.5) is 0 Å². The van der Waals surface area contributed by atoms with Crippen LogP contribution in [-0.4, -0.2) is 37.9 Å². The fourth-order valence-electron chi connectivity index (χ4n) is 1.47. The monoisotopic (exact) mass is 266 g/mol. The second-order valence-corrected chi connectivity index (χ2v) is 3.80. The Bertz CT molecular complexity index is 392. The van der Waals surface area contributed by atoms with E-state index in [-0.39, 0.29) is 19.4 Å². The second-order valence-electron chi connectivity index (χ2n) is 3.80. The van der Waals surface area contributed by atoms with E-state index in [0.717, 1.165) is 0 Å². The van der Waals surface area contributed by atoms with Crippen LogP contribution in [0.3, 0.4) is 0 Å². The minimum atomic E-state index is -1.58. The standard InChI is InChI=1S/C14H18O5/c1-4-9-14(12(16)18-2,13(17)19-3)10-7-5-6-8-11-15/h1,15H,6,8-11H2,2-3H3. The minimum Gasteiger partial charge on any atom is -0.468 e. The average molecular weight is 266 g/mol. The first kappa shape index (κ1) is 17.0. The van der Waals surface area contributed by atoms with Gasteiger partial charge in [0.15, 0.2) is 5.41 Å². The van der Waals surface area contributed by atoms with Crippen LogP contribution < -0.4 is 0 Å². The lowest BCUT2D eigenvalue weighted by molar-refractivity contribution is -0.168. The number of carbonyl (C=O) groups excluding carboxylic acids is 2. The quantitative estimate of drug-likeness (QED) is 0.328. The number of hydrogen-bond acceptors (Lipinski definition) is 5. The molecule has 104 valence electrons. The van der Waals surface area contributed by atoms with E-state index in [1.54, 1.807) is 0 Å². The topological polar surface area (TPSA) is 72.8 Å². The average Bonchev–Trinajstić information content (AvgIpc) is 2.44. The van der Waals surface area contributed by atoms with Crippen molar-refractivity contribution in [2.24, 2.45) is 5.41 Å². The number of terminal acetylenes is 1. The molecule has 0 aromatic heterocycles. The largest absolute Gasteiger partial charge is 0.468 e. The molecule has 0 radical (unpaired) electrons. The van der Waals surface area contributed by atoms with Gasteiger partial charge in [-0.2, -0.15) is 0 Å². The summed E-state index contributed by atoms with van der Waals surface area (Å²) in [5.41, 5.74) is -1.58. The summed E-state index contributed by atoms with van der Waals surface area (Å²) in [7, 11) is 2.35. The molecule has 0 spiro atoms. The van der Waals surface area contributed by atoms with Gasteiger partial charge < -0.3 is 14.6 Å². The lowest BCUT2D eigenvalue weighted by Crippen LogP contribution is -2.40. The van der Waals surface area contributed by atoms with Crippen molar-refractivity contribution >= 4 is 11.9 Å². The maximum Gasteiger partial charge on any atom is 0.325 e. The number of methoxy groups -OCH3 is 2. The molecule has 0 aliphatic carbocycles. The lowest BCUT2D eigenvalue weighted by atomic mass is 9.81. The summed E-state index contributed by atoms with van der Waals surface area (Å²) in [6, 6.07) is 0. The summed E-state index contributed by atoms with van der Waals surface area (Å²) in [6.07, 6.45) is 6.01. The number of rotatable bonds is 6. The Hall–Kier alpha value is -1.98. The third-order valence-electron chi connectivity index (χ3n) is 2.53. The highest BCUT2D eigenvalue weighted by molar-refractivity contribution is 6.00. The summed E-state index contributed by atoms with van der Waals surface area (Å²) in [5.74, 6) is 6.25. The third kappa shape index (κ3) is 4.65. The summed E-state index contributed by atoms with van der Waals surface area (Å²) in [4.78, 5) is 23.6. The van der Waals surface area contributed by atoms with Crippen LogP contribution in [0.1, 0.15) is 25.7 Å². The first-order valence-corrected chi connectivity index (χ1v) is 5.76. The first-order chi connectivity index (χ1) is 9.08. The Morgan fingerprint density at radius 1 is 1.16 bits per heavy atom. The molecule has 0 amide bonds. The Morgan fingerprint density at radius 2 is 1.74 bits per heavy atom. The van der Waals surface area contributed by atoms with Gasteiger partial charge >= 0.3 is 11.9 Å². The Balaban J connectivity index is 5.11. The van der Waals surface area contributed by atoms with Crippen LogP contribution in [-0.2, 0) is 19.1 Å². The Kier molecular flexibility index (Phi) is 8.08. The summed E-state index contributed by atoms with van der Waals surface area (Å²) in [6.45, 7) is 0.0399. The van der Waals surface area contributed by atoms with Crippen molar-refractivity contribution in [3.8, 4) is 24.2 Å². The van der Waals surface area contributed by atoms with Crippen molar-refractivity contribution in [2.45, 2.75) is 25.7 Å². The fourth-order valence-corrected chi connectivity index (χ4v) is 1.47. The number of ether oxygens (including phenoxy) is 2. The van der Waals surface area contributed by atoms with E-state index in [4.69, 9.17) is 11.5 Å². The first-order valence-electron chi connectivity index (χ1n) is 5.76. The van der Waals surface area contributed by atoms with Gasteiger partial charge in [0, 0.05) is 25.9 Å². The van der Waals surface area contributed by atoms with E-state index in [0.29, 0.717) is 12.8 Å². The van der Waals surface area contributed by atoms with E-state index in [2.05, 4.69) is 27.2 Å². The highest BCUT2D eigenvalue weighted by Gasteiger charge is 2.47. The molecule has 0 aromatic rings. The Morgan fingerprint density at radius 3 is 2.16 bits per heavy atom. The molecule has 5 heteroatoms. The SMILES string of the molecule is C#CCC(CC#CCCCO)(C(=O)OC)C(=O)OC. The van der Waals surface area contributed by atoms with E-state index < -0.39 is 17.4 Å². The van der Waals surface area contributed by atoms with E-state index >= 15 is 0 Å². The predicted molar refractivity (Wildman–Crippen MR) is 68.6 cm³/mol. The van der Waals surface area contributed by atoms with Crippen LogP contribution >= 0.6 is 0 Å². The number of hydrogen-bond donors (Lipinski definition) is 1. The van der Waals surface area contributed by atoms with Crippen LogP contribution in [0.5, 0.6) is 0 Å². The molecule has 5 nitrogen and oxygen atoms in total.